The molecule has 138 valence electrons. The molecule has 1 aliphatic heterocycles. The summed E-state index contributed by atoms with van der Waals surface area (Å²) in [5, 5.41) is 2.83. The van der Waals surface area contributed by atoms with E-state index in [-0.39, 0.29) is 17.2 Å². The molecule has 0 fully saturated rings. The zero-order chi connectivity index (χ0) is 18.6. The van der Waals surface area contributed by atoms with Crippen LogP contribution in [0.5, 0.6) is 11.5 Å². The number of nitrogens with one attached hydrogen (secondary N) is 2. The lowest BCUT2D eigenvalue weighted by molar-refractivity contribution is -0.116. The quantitative estimate of drug-likeness (QED) is 0.804. The Bertz CT molecular complexity index is 894. The molecule has 0 radical (unpaired) electrons. The first-order chi connectivity index (χ1) is 12.5. The van der Waals surface area contributed by atoms with Gasteiger partial charge in [0.1, 0.15) is 13.2 Å². The Labute approximate surface area is 152 Å². The van der Waals surface area contributed by atoms with E-state index in [0.29, 0.717) is 36.8 Å². The Kier molecular flexibility index (Phi) is 5.43. The number of ether oxygens (including phenoxy) is 2. The van der Waals surface area contributed by atoms with E-state index in [9.17, 15) is 13.2 Å². The number of aryl methyl sites for hydroxylation is 1. The molecule has 2 N–H and O–H groups in total. The van der Waals surface area contributed by atoms with E-state index < -0.39 is 10.0 Å². The van der Waals surface area contributed by atoms with Gasteiger partial charge in [0, 0.05) is 18.2 Å². The molecule has 2 aromatic rings. The largest absolute Gasteiger partial charge is 0.486 e. The molecule has 0 saturated heterocycles. The van der Waals surface area contributed by atoms with Gasteiger partial charge >= 0.3 is 0 Å². The fourth-order valence-corrected chi connectivity index (χ4v) is 3.29. The minimum Gasteiger partial charge on any atom is -0.486 e. The lowest BCUT2D eigenvalue weighted by atomic mass is 10.1. The van der Waals surface area contributed by atoms with Crippen LogP contribution in [0.15, 0.2) is 47.4 Å². The Hall–Kier alpha value is -2.58. The fraction of sp³-hybridized carbons (Fsp3) is 0.278. The highest BCUT2D eigenvalue weighted by molar-refractivity contribution is 7.89. The van der Waals surface area contributed by atoms with E-state index >= 15 is 0 Å². The van der Waals surface area contributed by atoms with Gasteiger partial charge in [-0.05, 0) is 43.3 Å². The lowest BCUT2D eigenvalue weighted by Crippen LogP contribution is -2.18. The molecule has 1 aliphatic rings. The third-order valence-electron chi connectivity index (χ3n) is 3.97. The van der Waals surface area contributed by atoms with Crippen molar-refractivity contribution in [3.05, 3.63) is 48.0 Å². The second kappa shape index (κ2) is 7.76. The highest BCUT2D eigenvalue weighted by Crippen LogP contribution is 2.32. The number of anilines is 1. The highest BCUT2D eigenvalue weighted by Gasteiger charge is 2.13. The van der Waals surface area contributed by atoms with Gasteiger partial charge in [-0.3, -0.25) is 4.79 Å². The van der Waals surface area contributed by atoms with Crippen LogP contribution in [0.3, 0.4) is 0 Å². The molecule has 0 aliphatic carbocycles. The molecule has 0 aromatic heterocycles. The molecule has 0 unspecified atom stereocenters. The van der Waals surface area contributed by atoms with E-state index in [1.54, 1.807) is 30.3 Å². The summed E-state index contributed by atoms with van der Waals surface area (Å²) in [5.41, 5.74) is 1.53. The Morgan fingerprint density at radius 1 is 1.04 bits per heavy atom. The normalized spacial score (nSPS) is 13.3. The van der Waals surface area contributed by atoms with Crippen molar-refractivity contribution in [1.82, 2.24) is 4.72 Å². The van der Waals surface area contributed by atoms with Gasteiger partial charge in [0.25, 0.3) is 0 Å². The van der Waals surface area contributed by atoms with Gasteiger partial charge in [0.2, 0.25) is 15.9 Å². The van der Waals surface area contributed by atoms with Crippen LogP contribution in [-0.4, -0.2) is 34.6 Å². The monoisotopic (exact) mass is 376 g/mol. The van der Waals surface area contributed by atoms with Gasteiger partial charge in [-0.25, -0.2) is 13.1 Å². The molecule has 2 aromatic carbocycles. The molecule has 0 spiro atoms. The Morgan fingerprint density at radius 3 is 2.42 bits per heavy atom. The molecule has 7 nitrogen and oxygen atoms in total. The maximum atomic E-state index is 12.1. The first kappa shape index (κ1) is 18.2. The summed E-state index contributed by atoms with van der Waals surface area (Å²) >= 11 is 0. The van der Waals surface area contributed by atoms with Crippen LogP contribution in [0.4, 0.5) is 5.69 Å². The maximum absolute atomic E-state index is 12.1. The van der Waals surface area contributed by atoms with Gasteiger partial charge < -0.3 is 14.8 Å². The van der Waals surface area contributed by atoms with Gasteiger partial charge in [-0.1, -0.05) is 12.1 Å². The zero-order valence-corrected chi connectivity index (χ0v) is 15.1. The maximum Gasteiger partial charge on any atom is 0.240 e. The number of carbonyl (C=O) groups excluding carboxylic acids is 1. The number of hydrogen-bond donors (Lipinski definition) is 2. The molecule has 0 atom stereocenters. The number of rotatable bonds is 6. The van der Waals surface area contributed by atoms with Crippen LogP contribution in [-0.2, 0) is 21.2 Å². The van der Waals surface area contributed by atoms with Gasteiger partial charge in [-0.2, -0.15) is 0 Å². The number of amides is 1. The average molecular weight is 376 g/mol. The molecule has 1 heterocycles. The summed E-state index contributed by atoms with van der Waals surface area (Å²) in [7, 11) is -2.08. The van der Waals surface area contributed by atoms with Crippen molar-refractivity contribution in [3.8, 4) is 11.5 Å². The summed E-state index contributed by atoms with van der Waals surface area (Å²) < 4.78 is 36.6. The van der Waals surface area contributed by atoms with Gasteiger partial charge in [-0.15, -0.1) is 0 Å². The zero-order valence-electron chi connectivity index (χ0n) is 14.3. The van der Waals surface area contributed by atoms with E-state index in [1.807, 2.05) is 0 Å². The average Bonchev–Trinajstić information content (AvgIpc) is 2.66. The number of fused-ring (bicyclic) bond motifs is 1. The summed E-state index contributed by atoms with van der Waals surface area (Å²) in [6, 6.07) is 11.8. The summed E-state index contributed by atoms with van der Waals surface area (Å²) in [4.78, 5) is 12.3. The van der Waals surface area contributed by atoms with Crippen LogP contribution in [0, 0.1) is 0 Å². The smallest absolute Gasteiger partial charge is 0.240 e. The first-order valence-corrected chi connectivity index (χ1v) is 9.68. The molecular weight excluding hydrogens is 356 g/mol. The minimum atomic E-state index is -3.45. The van der Waals surface area contributed by atoms with Crippen LogP contribution in [0.2, 0.25) is 0 Å². The molecule has 8 heteroatoms. The standard InChI is InChI=1S/C18H20N2O5S/c1-19-26(22,23)15-6-2-13(3-7-15)4-9-18(21)20-14-5-8-16-17(12-14)25-11-10-24-16/h2-3,5-8,12,19H,4,9-11H2,1H3,(H,20,21). The van der Waals surface area contributed by atoms with Gasteiger partial charge in [0.05, 0.1) is 4.90 Å². The molecule has 0 bridgehead atoms. The number of benzene rings is 2. The second-order valence-electron chi connectivity index (χ2n) is 5.76. The fourth-order valence-electron chi connectivity index (χ4n) is 2.56. The first-order valence-electron chi connectivity index (χ1n) is 8.20. The van der Waals surface area contributed by atoms with E-state index in [1.165, 1.54) is 19.2 Å². The number of carbonyl (C=O) groups is 1. The molecule has 1 amide bonds. The highest BCUT2D eigenvalue weighted by atomic mass is 32.2. The van der Waals surface area contributed by atoms with Crippen molar-refractivity contribution in [2.24, 2.45) is 0 Å². The van der Waals surface area contributed by atoms with Crippen molar-refractivity contribution in [1.29, 1.82) is 0 Å². The van der Waals surface area contributed by atoms with Crippen LogP contribution in [0.25, 0.3) is 0 Å². The van der Waals surface area contributed by atoms with Crippen LogP contribution >= 0.6 is 0 Å². The van der Waals surface area contributed by atoms with E-state index in [0.717, 1.165) is 5.56 Å². The predicted molar refractivity (Wildman–Crippen MR) is 97.1 cm³/mol. The summed E-state index contributed by atoms with van der Waals surface area (Å²) in [6.07, 6.45) is 0.794. The van der Waals surface area contributed by atoms with Crippen molar-refractivity contribution >= 4 is 21.6 Å². The topological polar surface area (TPSA) is 93.7 Å². The van der Waals surface area contributed by atoms with Crippen LogP contribution < -0.4 is 19.5 Å². The van der Waals surface area contributed by atoms with Crippen molar-refractivity contribution in [3.63, 3.8) is 0 Å². The minimum absolute atomic E-state index is 0.131. The van der Waals surface area contributed by atoms with Crippen LogP contribution in [0.1, 0.15) is 12.0 Å². The van der Waals surface area contributed by atoms with Gasteiger partial charge in [0.15, 0.2) is 11.5 Å². The number of sulfonamides is 1. The van der Waals surface area contributed by atoms with E-state index in [2.05, 4.69) is 10.0 Å². The van der Waals surface area contributed by atoms with E-state index in [4.69, 9.17) is 9.47 Å². The second-order valence-corrected chi connectivity index (χ2v) is 7.64. The summed E-state index contributed by atoms with van der Waals surface area (Å²) in [5.74, 6) is 1.16. The van der Waals surface area contributed by atoms with Crippen molar-refractivity contribution in [2.45, 2.75) is 17.7 Å². The summed E-state index contributed by atoms with van der Waals surface area (Å²) in [6.45, 7) is 1.01. The Morgan fingerprint density at radius 2 is 1.73 bits per heavy atom. The van der Waals surface area contributed by atoms with Crippen molar-refractivity contribution in [2.75, 3.05) is 25.6 Å². The SMILES string of the molecule is CNS(=O)(=O)c1ccc(CCC(=O)Nc2ccc3c(c2)OCCO3)cc1. The third-order valence-corrected chi connectivity index (χ3v) is 5.40. The Balaban J connectivity index is 1.56. The van der Waals surface area contributed by atoms with Crippen molar-refractivity contribution < 1.29 is 22.7 Å². The number of hydrogen-bond acceptors (Lipinski definition) is 5. The molecule has 0 saturated carbocycles. The molecular formula is C18H20N2O5S. The predicted octanol–water partition coefficient (Wildman–Crippen LogP) is 1.94. The molecule has 26 heavy (non-hydrogen) atoms. The third kappa shape index (κ3) is 4.33. The lowest BCUT2D eigenvalue weighted by Gasteiger charge is -2.19. The molecule has 3 rings (SSSR count).